The van der Waals surface area contributed by atoms with Gasteiger partial charge < -0.3 is 9.80 Å². The van der Waals surface area contributed by atoms with E-state index in [9.17, 15) is 14.0 Å². The smallest absolute Gasteiger partial charge is 0.253 e. The lowest BCUT2D eigenvalue weighted by molar-refractivity contribution is -0.130. The van der Waals surface area contributed by atoms with Crippen molar-refractivity contribution in [3.63, 3.8) is 0 Å². The van der Waals surface area contributed by atoms with Gasteiger partial charge in [-0.25, -0.2) is 4.39 Å². The number of rotatable bonds is 3. The third-order valence-electron chi connectivity index (χ3n) is 4.55. The minimum atomic E-state index is -0.471. The molecule has 1 aliphatic rings. The third kappa shape index (κ3) is 4.22. The summed E-state index contributed by atoms with van der Waals surface area (Å²) in [7, 11) is 0. The number of nitrogens with zero attached hydrogens (tertiary/aromatic N) is 2. The molecule has 2 amide bonds. The average Bonchev–Trinajstić information content (AvgIpc) is 2.91. The van der Waals surface area contributed by atoms with Gasteiger partial charge in [-0.3, -0.25) is 9.59 Å². The van der Waals surface area contributed by atoms with Crippen LogP contribution in [0.3, 0.4) is 0 Å². The van der Waals surface area contributed by atoms with E-state index in [0.717, 1.165) is 0 Å². The number of hydrogen-bond acceptors (Lipinski definition) is 2. The zero-order chi connectivity index (χ0) is 18.5. The Balaban J connectivity index is 1.63. The quantitative estimate of drug-likeness (QED) is 0.826. The van der Waals surface area contributed by atoms with Crippen LogP contribution in [0.25, 0.3) is 0 Å². The molecule has 0 spiro atoms. The summed E-state index contributed by atoms with van der Waals surface area (Å²) < 4.78 is 13.9. The first-order valence-electron chi connectivity index (χ1n) is 8.61. The van der Waals surface area contributed by atoms with Crippen molar-refractivity contribution in [2.75, 3.05) is 26.2 Å². The maximum atomic E-state index is 13.9. The van der Waals surface area contributed by atoms with Crippen LogP contribution in [0.2, 0.25) is 5.02 Å². The van der Waals surface area contributed by atoms with Crippen LogP contribution < -0.4 is 0 Å². The minimum absolute atomic E-state index is 0.0305. The second-order valence-electron chi connectivity index (χ2n) is 6.27. The minimum Gasteiger partial charge on any atom is -0.341 e. The van der Waals surface area contributed by atoms with E-state index in [1.807, 2.05) is 18.2 Å². The molecule has 1 saturated heterocycles. The molecule has 0 unspecified atom stereocenters. The normalized spacial score (nSPS) is 14.8. The van der Waals surface area contributed by atoms with Crippen LogP contribution in [0.1, 0.15) is 22.3 Å². The molecule has 0 N–H and O–H groups in total. The highest BCUT2D eigenvalue weighted by atomic mass is 35.5. The van der Waals surface area contributed by atoms with E-state index in [0.29, 0.717) is 38.2 Å². The highest BCUT2D eigenvalue weighted by Gasteiger charge is 2.23. The van der Waals surface area contributed by atoms with Crippen LogP contribution in [-0.2, 0) is 11.2 Å². The van der Waals surface area contributed by atoms with Gasteiger partial charge in [-0.2, -0.15) is 0 Å². The van der Waals surface area contributed by atoms with Gasteiger partial charge in [0.15, 0.2) is 0 Å². The highest BCUT2D eigenvalue weighted by Crippen LogP contribution is 2.20. The van der Waals surface area contributed by atoms with E-state index in [4.69, 9.17) is 11.6 Å². The first-order chi connectivity index (χ1) is 12.6. The number of carbonyl (C=O) groups is 2. The predicted octanol–water partition coefficient (Wildman–Crippen LogP) is 3.40. The largest absolute Gasteiger partial charge is 0.341 e. The molecule has 0 aliphatic carbocycles. The summed E-state index contributed by atoms with van der Waals surface area (Å²) in [5.41, 5.74) is 0.867. The van der Waals surface area contributed by atoms with Gasteiger partial charge in [0.2, 0.25) is 5.91 Å². The van der Waals surface area contributed by atoms with Gasteiger partial charge in [0, 0.05) is 42.3 Å². The van der Waals surface area contributed by atoms with Crippen LogP contribution in [0.4, 0.5) is 4.39 Å². The molecule has 2 aromatic carbocycles. The summed E-state index contributed by atoms with van der Waals surface area (Å²) >= 11 is 6.01. The Morgan fingerprint density at radius 3 is 2.35 bits per heavy atom. The Bertz CT molecular complexity index is 777. The van der Waals surface area contributed by atoms with Crippen molar-refractivity contribution in [1.82, 2.24) is 9.80 Å². The van der Waals surface area contributed by atoms with Gasteiger partial charge in [0.05, 0.1) is 6.42 Å². The molecule has 4 nitrogen and oxygen atoms in total. The van der Waals surface area contributed by atoms with E-state index in [1.165, 1.54) is 12.1 Å². The molecule has 136 valence electrons. The van der Waals surface area contributed by atoms with Gasteiger partial charge in [0.1, 0.15) is 5.82 Å². The van der Waals surface area contributed by atoms with Crippen molar-refractivity contribution in [2.24, 2.45) is 0 Å². The van der Waals surface area contributed by atoms with Crippen LogP contribution in [0.5, 0.6) is 0 Å². The fourth-order valence-corrected chi connectivity index (χ4v) is 3.33. The summed E-state index contributed by atoms with van der Waals surface area (Å²) in [6.07, 6.45) is 0.619. The van der Waals surface area contributed by atoms with E-state index >= 15 is 0 Å². The number of halogens is 2. The Hall–Kier alpha value is -2.40. The zero-order valence-electron chi connectivity index (χ0n) is 14.3. The molecule has 1 heterocycles. The van der Waals surface area contributed by atoms with Gasteiger partial charge in [-0.1, -0.05) is 35.9 Å². The fourth-order valence-electron chi connectivity index (χ4n) is 3.10. The molecule has 2 aromatic rings. The molecule has 0 bridgehead atoms. The molecule has 0 saturated carbocycles. The first kappa shape index (κ1) is 18.4. The third-order valence-corrected chi connectivity index (χ3v) is 4.90. The number of carbonyl (C=O) groups excluding carboxylic acids is 2. The van der Waals surface area contributed by atoms with Gasteiger partial charge in [0.25, 0.3) is 5.91 Å². The molecule has 1 aliphatic heterocycles. The van der Waals surface area contributed by atoms with Crippen LogP contribution in [0, 0.1) is 5.82 Å². The zero-order valence-corrected chi connectivity index (χ0v) is 15.1. The molecule has 26 heavy (non-hydrogen) atoms. The van der Waals surface area contributed by atoms with Crippen molar-refractivity contribution >= 4 is 23.4 Å². The Morgan fingerprint density at radius 1 is 0.923 bits per heavy atom. The lowest BCUT2D eigenvalue weighted by Gasteiger charge is -2.22. The standard InChI is InChI=1S/C20H20ClFN2O2/c21-17-8-4-9-18(22)16(17)14-19(25)23-10-5-11-24(13-12-23)20(26)15-6-2-1-3-7-15/h1-4,6-9H,5,10-14H2. The maximum absolute atomic E-state index is 13.9. The van der Waals surface area contributed by atoms with E-state index in [-0.39, 0.29) is 28.8 Å². The first-order valence-corrected chi connectivity index (χ1v) is 8.99. The molecule has 0 atom stereocenters. The predicted molar refractivity (Wildman–Crippen MR) is 98.7 cm³/mol. The van der Waals surface area contributed by atoms with Crippen molar-refractivity contribution in [3.8, 4) is 0 Å². The monoisotopic (exact) mass is 374 g/mol. The van der Waals surface area contributed by atoms with Gasteiger partial charge in [-0.05, 0) is 30.7 Å². The molecule has 3 rings (SSSR count). The number of amides is 2. The second kappa shape index (κ2) is 8.32. The van der Waals surface area contributed by atoms with Gasteiger partial charge in [-0.15, -0.1) is 0 Å². The molecule has 1 fully saturated rings. The number of benzene rings is 2. The lowest BCUT2D eigenvalue weighted by Crippen LogP contribution is -2.38. The summed E-state index contributed by atoms with van der Waals surface area (Å²) in [5.74, 6) is -0.676. The molecule has 6 heteroatoms. The van der Waals surface area contributed by atoms with E-state index < -0.39 is 5.82 Å². The topological polar surface area (TPSA) is 40.6 Å². The lowest BCUT2D eigenvalue weighted by atomic mass is 10.1. The van der Waals surface area contributed by atoms with Crippen LogP contribution >= 0.6 is 11.6 Å². The van der Waals surface area contributed by atoms with Crippen molar-refractivity contribution < 1.29 is 14.0 Å². The van der Waals surface area contributed by atoms with Crippen molar-refractivity contribution in [1.29, 1.82) is 0 Å². The van der Waals surface area contributed by atoms with E-state index in [2.05, 4.69) is 0 Å². The summed E-state index contributed by atoms with van der Waals surface area (Å²) in [4.78, 5) is 28.6. The molecule has 0 aromatic heterocycles. The SMILES string of the molecule is O=C(Cc1c(F)cccc1Cl)N1CCCN(C(=O)c2ccccc2)CC1. The summed E-state index contributed by atoms with van der Waals surface area (Å²) in [5, 5.41) is 0.258. The van der Waals surface area contributed by atoms with Crippen LogP contribution in [0.15, 0.2) is 48.5 Å². The van der Waals surface area contributed by atoms with Gasteiger partial charge >= 0.3 is 0 Å². The molecule has 0 radical (unpaired) electrons. The van der Waals surface area contributed by atoms with E-state index in [1.54, 1.807) is 28.0 Å². The van der Waals surface area contributed by atoms with Crippen molar-refractivity contribution in [3.05, 3.63) is 70.5 Å². The van der Waals surface area contributed by atoms with Crippen molar-refractivity contribution in [2.45, 2.75) is 12.8 Å². The fraction of sp³-hybridized carbons (Fsp3) is 0.300. The highest BCUT2D eigenvalue weighted by molar-refractivity contribution is 6.31. The Morgan fingerprint density at radius 2 is 1.62 bits per heavy atom. The average molecular weight is 375 g/mol. The van der Waals surface area contributed by atoms with Crippen LogP contribution in [-0.4, -0.2) is 47.8 Å². The maximum Gasteiger partial charge on any atom is 0.253 e. The summed E-state index contributed by atoms with van der Waals surface area (Å²) in [6, 6.07) is 13.5. The number of hydrogen-bond donors (Lipinski definition) is 0. The molecular formula is C20H20ClFN2O2. The second-order valence-corrected chi connectivity index (χ2v) is 6.68. The Kier molecular flexibility index (Phi) is 5.89. The molecular weight excluding hydrogens is 355 g/mol. The Labute approximate surface area is 157 Å². The summed E-state index contributed by atoms with van der Waals surface area (Å²) in [6.45, 7) is 2.04.